The van der Waals surface area contributed by atoms with Crippen LogP contribution in [-0.4, -0.2) is 33.2 Å². The smallest absolute Gasteiger partial charge is 0.147 e. The Balaban J connectivity index is 2.40. The summed E-state index contributed by atoms with van der Waals surface area (Å²) in [4.78, 5) is 0. The quantitative estimate of drug-likeness (QED) is 0.624. The molecule has 1 saturated heterocycles. The first-order chi connectivity index (χ1) is 6.25. The highest BCUT2D eigenvalue weighted by Crippen LogP contribution is 2.20. The fourth-order valence-corrected chi connectivity index (χ4v) is 1.33. The van der Waals surface area contributed by atoms with Crippen LogP contribution in [0.1, 0.15) is 13.8 Å². The van der Waals surface area contributed by atoms with E-state index in [1.165, 1.54) is 5.57 Å². The van der Waals surface area contributed by atoms with E-state index >= 15 is 0 Å². The first kappa shape index (κ1) is 10.7. The molecule has 0 aromatic rings. The summed E-state index contributed by atoms with van der Waals surface area (Å²) >= 11 is 0. The van der Waals surface area contributed by atoms with Gasteiger partial charge in [0, 0.05) is 13.0 Å². The maximum atomic E-state index is 5.41. The predicted molar refractivity (Wildman–Crippen MR) is 50.5 cm³/mol. The number of hydrogen-bond donors (Lipinski definition) is 0. The van der Waals surface area contributed by atoms with Crippen LogP contribution in [0.4, 0.5) is 0 Å². The van der Waals surface area contributed by atoms with Crippen LogP contribution < -0.4 is 0 Å². The zero-order valence-corrected chi connectivity index (χ0v) is 8.58. The molecular formula is C10H18O3. The maximum Gasteiger partial charge on any atom is 0.147 e. The standard InChI is InChI=1S/C10H18O3/c1-8(4-5-11-3)9(2)10-6-12-7-13-10/h4,9-10H,5-7H2,1-3H3/b8-4+/t9-,10?/m1/s1. The minimum Gasteiger partial charge on any atom is -0.381 e. The van der Waals surface area contributed by atoms with Gasteiger partial charge in [-0.05, 0) is 6.92 Å². The summed E-state index contributed by atoms with van der Waals surface area (Å²) in [6, 6.07) is 0. The highest BCUT2D eigenvalue weighted by atomic mass is 16.7. The van der Waals surface area contributed by atoms with Crippen molar-refractivity contribution in [2.45, 2.75) is 20.0 Å². The van der Waals surface area contributed by atoms with E-state index in [4.69, 9.17) is 14.2 Å². The summed E-state index contributed by atoms with van der Waals surface area (Å²) < 4.78 is 15.5. The Morgan fingerprint density at radius 1 is 1.69 bits per heavy atom. The summed E-state index contributed by atoms with van der Waals surface area (Å²) in [5.74, 6) is 0.414. The van der Waals surface area contributed by atoms with E-state index in [-0.39, 0.29) is 6.10 Å². The fourth-order valence-electron chi connectivity index (χ4n) is 1.33. The molecule has 0 N–H and O–H groups in total. The minimum atomic E-state index is 0.216. The molecule has 1 fully saturated rings. The number of ether oxygens (including phenoxy) is 3. The lowest BCUT2D eigenvalue weighted by Crippen LogP contribution is -2.21. The molecule has 0 radical (unpaired) electrons. The highest BCUT2D eigenvalue weighted by Gasteiger charge is 2.23. The topological polar surface area (TPSA) is 27.7 Å². The van der Waals surface area contributed by atoms with E-state index in [1.54, 1.807) is 7.11 Å². The fraction of sp³-hybridized carbons (Fsp3) is 0.800. The van der Waals surface area contributed by atoms with E-state index in [9.17, 15) is 0 Å². The number of methoxy groups -OCH3 is 1. The molecule has 1 aliphatic heterocycles. The van der Waals surface area contributed by atoms with Crippen LogP contribution in [0.25, 0.3) is 0 Å². The van der Waals surface area contributed by atoms with E-state index < -0.39 is 0 Å². The van der Waals surface area contributed by atoms with Crippen LogP contribution in [0.5, 0.6) is 0 Å². The van der Waals surface area contributed by atoms with Crippen LogP contribution in [0, 0.1) is 5.92 Å². The molecule has 0 aromatic heterocycles. The van der Waals surface area contributed by atoms with Crippen molar-refractivity contribution in [2.75, 3.05) is 27.1 Å². The molecule has 76 valence electrons. The van der Waals surface area contributed by atoms with Crippen molar-refractivity contribution >= 4 is 0 Å². The summed E-state index contributed by atoms with van der Waals surface area (Å²) in [5.41, 5.74) is 1.30. The van der Waals surface area contributed by atoms with Gasteiger partial charge < -0.3 is 14.2 Å². The van der Waals surface area contributed by atoms with Crippen molar-refractivity contribution in [2.24, 2.45) is 5.92 Å². The maximum absolute atomic E-state index is 5.41. The summed E-state index contributed by atoms with van der Waals surface area (Å²) in [6.07, 6.45) is 2.31. The third-order valence-electron chi connectivity index (χ3n) is 2.50. The predicted octanol–water partition coefficient (Wildman–Crippen LogP) is 1.59. The van der Waals surface area contributed by atoms with Crippen LogP contribution in [0.3, 0.4) is 0 Å². The Kier molecular flexibility index (Phi) is 4.42. The Labute approximate surface area is 79.7 Å². The third kappa shape index (κ3) is 3.10. The molecule has 1 heterocycles. The molecule has 3 heteroatoms. The highest BCUT2D eigenvalue weighted by molar-refractivity contribution is 5.05. The Morgan fingerprint density at radius 2 is 2.46 bits per heavy atom. The molecule has 13 heavy (non-hydrogen) atoms. The second-order valence-corrected chi connectivity index (χ2v) is 3.39. The van der Waals surface area contributed by atoms with Crippen molar-refractivity contribution in [1.82, 2.24) is 0 Å². The van der Waals surface area contributed by atoms with Gasteiger partial charge in [0.2, 0.25) is 0 Å². The molecule has 0 amide bonds. The van der Waals surface area contributed by atoms with Gasteiger partial charge in [-0.1, -0.05) is 18.6 Å². The number of hydrogen-bond acceptors (Lipinski definition) is 3. The van der Waals surface area contributed by atoms with Crippen LogP contribution in [0.2, 0.25) is 0 Å². The van der Waals surface area contributed by atoms with Gasteiger partial charge in [-0.3, -0.25) is 0 Å². The van der Waals surface area contributed by atoms with E-state index in [0.717, 1.165) is 0 Å². The van der Waals surface area contributed by atoms with E-state index in [1.807, 2.05) is 0 Å². The molecule has 3 nitrogen and oxygen atoms in total. The zero-order valence-electron chi connectivity index (χ0n) is 8.58. The average Bonchev–Trinajstić information content (AvgIpc) is 2.65. The normalized spacial score (nSPS) is 26.4. The first-order valence-electron chi connectivity index (χ1n) is 4.60. The van der Waals surface area contributed by atoms with Crippen LogP contribution >= 0.6 is 0 Å². The second kappa shape index (κ2) is 5.37. The van der Waals surface area contributed by atoms with Gasteiger partial charge in [0.15, 0.2) is 0 Å². The molecule has 0 spiro atoms. The Bertz CT molecular complexity index is 171. The molecule has 0 saturated carbocycles. The molecule has 2 atom stereocenters. The van der Waals surface area contributed by atoms with Gasteiger partial charge in [0.1, 0.15) is 6.79 Å². The largest absolute Gasteiger partial charge is 0.381 e. The van der Waals surface area contributed by atoms with Gasteiger partial charge in [0.05, 0.1) is 19.3 Å². The van der Waals surface area contributed by atoms with E-state index in [0.29, 0.717) is 25.9 Å². The zero-order chi connectivity index (χ0) is 9.68. The molecule has 1 rings (SSSR count). The van der Waals surface area contributed by atoms with E-state index in [2.05, 4.69) is 19.9 Å². The summed E-state index contributed by atoms with van der Waals surface area (Å²) in [6.45, 7) is 6.07. The van der Waals surface area contributed by atoms with Crippen molar-refractivity contribution in [3.05, 3.63) is 11.6 Å². The van der Waals surface area contributed by atoms with Gasteiger partial charge in [0.25, 0.3) is 0 Å². The molecular weight excluding hydrogens is 168 g/mol. The minimum absolute atomic E-state index is 0.216. The average molecular weight is 186 g/mol. The Morgan fingerprint density at radius 3 is 3.00 bits per heavy atom. The van der Waals surface area contributed by atoms with Gasteiger partial charge in [-0.25, -0.2) is 0 Å². The molecule has 1 unspecified atom stereocenters. The molecule has 0 aromatic carbocycles. The van der Waals surface area contributed by atoms with Gasteiger partial charge in [-0.15, -0.1) is 0 Å². The van der Waals surface area contributed by atoms with Gasteiger partial charge in [-0.2, -0.15) is 0 Å². The summed E-state index contributed by atoms with van der Waals surface area (Å²) in [7, 11) is 1.70. The summed E-state index contributed by atoms with van der Waals surface area (Å²) in [5, 5.41) is 0. The monoisotopic (exact) mass is 186 g/mol. The Hall–Kier alpha value is -0.380. The lowest BCUT2D eigenvalue weighted by Gasteiger charge is -2.17. The number of rotatable bonds is 4. The van der Waals surface area contributed by atoms with Gasteiger partial charge >= 0.3 is 0 Å². The first-order valence-corrected chi connectivity index (χ1v) is 4.60. The van der Waals surface area contributed by atoms with Crippen LogP contribution in [-0.2, 0) is 14.2 Å². The molecule has 0 bridgehead atoms. The van der Waals surface area contributed by atoms with Crippen LogP contribution in [0.15, 0.2) is 11.6 Å². The molecule has 0 aliphatic carbocycles. The van der Waals surface area contributed by atoms with Crippen molar-refractivity contribution < 1.29 is 14.2 Å². The van der Waals surface area contributed by atoms with Crippen molar-refractivity contribution in [3.8, 4) is 0 Å². The van der Waals surface area contributed by atoms with Crippen molar-refractivity contribution in [1.29, 1.82) is 0 Å². The SMILES string of the molecule is COC/C=C(\C)[C@@H](C)C1COCO1. The lowest BCUT2D eigenvalue weighted by atomic mass is 9.97. The second-order valence-electron chi connectivity index (χ2n) is 3.39. The molecule has 1 aliphatic rings. The van der Waals surface area contributed by atoms with Crippen molar-refractivity contribution in [3.63, 3.8) is 0 Å². The lowest BCUT2D eigenvalue weighted by molar-refractivity contribution is 0.0358. The third-order valence-corrected chi connectivity index (χ3v) is 2.50.